The molecule has 0 aliphatic carbocycles. The van der Waals surface area contributed by atoms with Gasteiger partial charge in [-0.1, -0.05) is 48.5 Å². The average Bonchev–Trinajstić information content (AvgIpc) is 2.90. The van der Waals surface area contributed by atoms with Crippen molar-refractivity contribution in [1.82, 2.24) is 9.88 Å². The molecule has 3 aromatic rings. The number of rotatable bonds is 12. The number of hydrogen-bond acceptors (Lipinski definition) is 7. The predicted octanol–water partition coefficient (Wildman–Crippen LogP) is 2.51. The van der Waals surface area contributed by atoms with Crippen LogP contribution in [0.3, 0.4) is 0 Å². The number of para-hydroxylation sites is 1. The standard InChI is InChI=1S/C27H27N3O8/c1-18-12-13-21(29-27(36)38-16-19-8-4-2-5-9-19)26(35)30(18)15-24(32)28-22(14-25(33)34)23(31)17-37-20-10-6-3-7-11-20/h2-13,22H,14-17H2,1H3,(H,28,32)(H,29,36)(H,33,34)/t22-/m0/s1. The lowest BCUT2D eigenvalue weighted by molar-refractivity contribution is -0.140. The van der Waals surface area contributed by atoms with Gasteiger partial charge in [0.2, 0.25) is 5.91 Å². The minimum Gasteiger partial charge on any atom is -0.486 e. The Balaban J connectivity index is 1.63. The third-order valence-electron chi connectivity index (χ3n) is 5.37. The number of Topliss-reactive ketones (excluding diaryl/α,β-unsaturated/α-hetero) is 1. The first-order chi connectivity index (χ1) is 18.2. The van der Waals surface area contributed by atoms with E-state index >= 15 is 0 Å². The summed E-state index contributed by atoms with van der Waals surface area (Å²) in [5.41, 5.74) is 0.378. The maximum absolute atomic E-state index is 12.9. The van der Waals surface area contributed by atoms with Gasteiger partial charge < -0.3 is 24.5 Å². The number of pyridine rings is 1. The van der Waals surface area contributed by atoms with E-state index in [1.54, 1.807) is 61.5 Å². The van der Waals surface area contributed by atoms with E-state index in [9.17, 15) is 29.1 Å². The number of anilines is 1. The Morgan fingerprint density at radius 1 is 0.947 bits per heavy atom. The van der Waals surface area contributed by atoms with Gasteiger partial charge in [0, 0.05) is 5.69 Å². The summed E-state index contributed by atoms with van der Waals surface area (Å²) >= 11 is 0. The molecule has 0 radical (unpaired) electrons. The minimum absolute atomic E-state index is 0.00210. The third-order valence-corrected chi connectivity index (χ3v) is 5.37. The first kappa shape index (κ1) is 27.7. The van der Waals surface area contributed by atoms with Crippen LogP contribution >= 0.6 is 0 Å². The van der Waals surface area contributed by atoms with Crippen molar-refractivity contribution in [2.24, 2.45) is 0 Å². The Morgan fingerprint density at radius 3 is 2.26 bits per heavy atom. The molecule has 0 aliphatic rings. The SMILES string of the molecule is Cc1ccc(NC(=O)OCc2ccccc2)c(=O)n1CC(=O)N[C@@H](CC(=O)O)C(=O)COc1ccccc1. The molecule has 2 amide bonds. The summed E-state index contributed by atoms with van der Waals surface area (Å²) in [6.45, 7) is 0.621. The minimum atomic E-state index is -1.37. The van der Waals surface area contributed by atoms with Crippen LogP contribution in [0, 0.1) is 6.92 Å². The van der Waals surface area contributed by atoms with Gasteiger partial charge >= 0.3 is 12.1 Å². The van der Waals surface area contributed by atoms with Gasteiger partial charge in [-0.3, -0.25) is 24.5 Å². The van der Waals surface area contributed by atoms with Crippen molar-refractivity contribution in [2.45, 2.75) is 32.5 Å². The number of ketones is 1. The van der Waals surface area contributed by atoms with Crippen molar-refractivity contribution in [3.05, 3.63) is 94.4 Å². The van der Waals surface area contributed by atoms with Gasteiger partial charge in [0.05, 0.1) is 6.42 Å². The molecule has 11 heteroatoms. The van der Waals surface area contributed by atoms with E-state index in [0.29, 0.717) is 11.4 Å². The van der Waals surface area contributed by atoms with Gasteiger partial charge in [0.25, 0.3) is 5.56 Å². The fourth-order valence-corrected chi connectivity index (χ4v) is 3.41. The molecule has 1 atom stereocenters. The normalized spacial score (nSPS) is 11.2. The van der Waals surface area contributed by atoms with Crippen LogP contribution in [0.1, 0.15) is 17.7 Å². The number of ether oxygens (including phenoxy) is 2. The predicted molar refractivity (Wildman–Crippen MR) is 137 cm³/mol. The van der Waals surface area contributed by atoms with Crippen LogP contribution in [-0.4, -0.2) is 46.1 Å². The number of carboxylic acids is 1. The lowest BCUT2D eigenvalue weighted by Crippen LogP contribution is -2.46. The molecule has 3 rings (SSSR count). The summed E-state index contributed by atoms with van der Waals surface area (Å²) in [4.78, 5) is 61.7. The van der Waals surface area contributed by atoms with Gasteiger partial charge in [-0.05, 0) is 36.8 Å². The highest BCUT2D eigenvalue weighted by molar-refractivity contribution is 5.92. The maximum Gasteiger partial charge on any atom is 0.412 e. The summed E-state index contributed by atoms with van der Waals surface area (Å²) < 4.78 is 11.6. The van der Waals surface area contributed by atoms with Crippen LogP contribution in [0.15, 0.2) is 77.6 Å². The number of carbonyl (C=O) groups excluding carboxylic acids is 3. The molecule has 3 N–H and O–H groups in total. The molecule has 1 aromatic heterocycles. The van der Waals surface area contributed by atoms with E-state index in [-0.39, 0.29) is 12.3 Å². The number of amides is 2. The molecule has 11 nitrogen and oxygen atoms in total. The van der Waals surface area contributed by atoms with E-state index in [1.807, 2.05) is 6.07 Å². The molecule has 198 valence electrons. The molecule has 0 fully saturated rings. The van der Waals surface area contributed by atoms with Crippen molar-refractivity contribution >= 4 is 29.4 Å². The van der Waals surface area contributed by atoms with E-state index in [4.69, 9.17) is 9.47 Å². The summed E-state index contributed by atoms with van der Waals surface area (Å²) in [5.74, 6) is -2.30. The molecule has 0 aliphatic heterocycles. The Morgan fingerprint density at radius 2 is 1.61 bits per heavy atom. The second-order valence-electron chi connectivity index (χ2n) is 8.25. The van der Waals surface area contributed by atoms with E-state index < -0.39 is 54.9 Å². The number of nitrogens with zero attached hydrogens (tertiary/aromatic N) is 1. The van der Waals surface area contributed by atoms with Crippen molar-refractivity contribution in [3.8, 4) is 5.75 Å². The fourth-order valence-electron chi connectivity index (χ4n) is 3.41. The zero-order chi connectivity index (χ0) is 27.5. The van der Waals surface area contributed by atoms with Crippen molar-refractivity contribution < 1.29 is 33.8 Å². The highest BCUT2D eigenvalue weighted by Crippen LogP contribution is 2.09. The van der Waals surface area contributed by atoms with Gasteiger partial charge in [0.15, 0.2) is 5.78 Å². The van der Waals surface area contributed by atoms with E-state index in [2.05, 4.69) is 10.6 Å². The molecular weight excluding hydrogens is 494 g/mol. The second-order valence-corrected chi connectivity index (χ2v) is 8.25. The fraction of sp³-hybridized carbons (Fsp3) is 0.222. The van der Waals surface area contributed by atoms with Crippen molar-refractivity contribution in [3.63, 3.8) is 0 Å². The second kappa shape index (κ2) is 13.4. The molecule has 1 heterocycles. The van der Waals surface area contributed by atoms with Crippen molar-refractivity contribution in [1.29, 1.82) is 0 Å². The molecule has 2 aromatic carbocycles. The summed E-state index contributed by atoms with van der Waals surface area (Å²) in [5, 5.41) is 13.9. The maximum atomic E-state index is 12.9. The number of carbonyl (C=O) groups is 4. The van der Waals surface area contributed by atoms with Crippen molar-refractivity contribution in [2.75, 3.05) is 11.9 Å². The summed E-state index contributed by atoms with van der Waals surface area (Å²) in [6, 6.07) is 19.0. The quantitative estimate of drug-likeness (QED) is 0.329. The molecule has 0 spiro atoms. The van der Waals surface area contributed by atoms with Crippen LogP contribution in [-0.2, 0) is 32.3 Å². The smallest absolute Gasteiger partial charge is 0.412 e. The average molecular weight is 522 g/mol. The Labute approximate surface area is 218 Å². The monoisotopic (exact) mass is 521 g/mol. The number of carboxylic acid groups (broad SMARTS) is 1. The van der Waals surface area contributed by atoms with E-state index in [1.165, 1.54) is 12.1 Å². The summed E-state index contributed by atoms with van der Waals surface area (Å²) in [7, 11) is 0. The lowest BCUT2D eigenvalue weighted by atomic mass is 10.1. The van der Waals surface area contributed by atoms with Gasteiger partial charge in [0.1, 0.15) is 37.2 Å². The van der Waals surface area contributed by atoms with Gasteiger partial charge in [-0.15, -0.1) is 0 Å². The zero-order valence-corrected chi connectivity index (χ0v) is 20.6. The Hall–Kier alpha value is -4.93. The Bertz CT molecular complexity index is 1340. The molecule has 0 saturated carbocycles. The molecular formula is C27H27N3O8. The Kier molecular flexibility index (Phi) is 9.75. The number of nitrogens with one attached hydrogen (secondary N) is 2. The molecule has 38 heavy (non-hydrogen) atoms. The first-order valence-electron chi connectivity index (χ1n) is 11.6. The topological polar surface area (TPSA) is 153 Å². The number of benzene rings is 2. The lowest BCUT2D eigenvalue weighted by Gasteiger charge is -2.18. The van der Waals surface area contributed by atoms with Gasteiger partial charge in [-0.2, -0.15) is 0 Å². The number of aromatic nitrogens is 1. The van der Waals surface area contributed by atoms with Gasteiger partial charge in [-0.25, -0.2) is 4.79 Å². The number of hydrogen-bond donors (Lipinski definition) is 3. The zero-order valence-electron chi connectivity index (χ0n) is 20.6. The molecule has 0 bridgehead atoms. The number of aryl methyl sites for hydroxylation is 1. The van der Waals surface area contributed by atoms with Crippen LogP contribution in [0.4, 0.5) is 10.5 Å². The highest BCUT2D eigenvalue weighted by atomic mass is 16.5. The highest BCUT2D eigenvalue weighted by Gasteiger charge is 2.25. The van der Waals surface area contributed by atoms with Crippen LogP contribution in [0.5, 0.6) is 5.75 Å². The van der Waals surface area contributed by atoms with Crippen LogP contribution in [0.25, 0.3) is 0 Å². The molecule has 0 unspecified atom stereocenters. The summed E-state index contributed by atoms with van der Waals surface area (Å²) in [6.07, 6.45) is -1.51. The number of aliphatic carboxylic acids is 1. The largest absolute Gasteiger partial charge is 0.486 e. The third kappa shape index (κ3) is 8.33. The van der Waals surface area contributed by atoms with Crippen LogP contribution in [0.2, 0.25) is 0 Å². The first-order valence-corrected chi connectivity index (χ1v) is 11.6. The van der Waals surface area contributed by atoms with E-state index in [0.717, 1.165) is 10.1 Å². The molecule has 0 saturated heterocycles. The van der Waals surface area contributed by atoms with Crippen LogP contribution < -0.4 is 20.9 Å².